The first-order valence-electron chi connectivity index (χ1n) is 10.3. The van der Waals surface area contributed by atoms with Crippen LogP contribution in [0.2, 0.25) is 0 Å². The minimum Gasteiger partial charge on any atom is -0.493 e. The van der Waals surface area contributed by atoms with E-state index in [1.807, 2.05) is 37.3 Å². The summed E-state index contributed by atoms with van der Waals surface area (Å²) in [7, 11) is 1.55. The first-order valence-corrected chi connectivity index (χ1v) is 10.3. The summed E-state index contributed by atoms with van der Waals surface area (Å²) in [5, 5.41) is 5.39. The normalized spacial score (nSPS) is 18.0. The van der Waals surface area contributed by atoms with Gasteiger partial charge in [-0.05, 0) is 29.7 Å². The van der Waals surface area contributed by atoms with Crippen LogP contribution < -0.4 is 20.1 Å². The van der Waals surface area contributed by atoms with E-state index in [-0.39, 0.29) is 6.61 Å². The van der Waals surface area contributed by atoms with E-state index in [1.54, 1.807) is 25.3 Å². The van der Waals surface area contributed by atoms with Gasteiger partial charge in [0, 0.05) is 12.1 Å². The standard InChI is InChI=1S/C24H28N2O5/c1-4-13-30-19-11-10-18(15-20(19)29-3)22-21(16(2)25-24(28)26-22)23(27)31-14-12-17-8-6-5-7-9-17/h5-11,15,21-22H,2,4,12-14H2,1,3H3,(H2,25,26,28)/t21-,22+/m0/s1. The van der Waals surface area contributed by atoms with Gasteiger partial charge >= 0.3 is 12.0 Å². The minimum atomic E-state index is -0.777. The molecule has 0 aromatic heterocycles. The van der Waals surface area contributed by atoms with Crippen molar-refractivity contribution < 1.29 is 23.8 Å². The summed E-state index contributed by atoms with van der Waals surface area (Å²) < 4.78 is 16.7. The van der Waals surface area contributed by atoms with Gasteiger partial charge in [-0.15, -0.1) is 0 Å². The summed E-state index contributed by atoms with van der Waals surface area (Å²) in [5.74, 6) is -0.0981. The van der Waals surface area contributed by atoms with E-state index in [9.17, 15) is 9.59 Å². The number of carbonyl (C=O) groups is 2. The number of esters is 1. The third kappa shape index (κ3) is 5.57. The lowest BCUT2D eigenvalue weighted by Crippen LogP contribution is -2.51. The summed E-state index contributed by atoms with van der Waals surface area (Å²) >= 11 is 0. The predicted molar refractivity (Wildman–Crippen MR) is 117 cm³/mol. The first kappa shape index (κ1) is 22.2. The summed E-state index contributed by atoms with van der Waals surface area (Å²) in [5.41, 5.74) is 2.07. The fourth-order valence-electron chi connectivity index (χ4n) is 3.45. The van der Waals surface area contributed by atoms with Crippen molar-refractivity contribution in [3.05, 3.63) is 71.9 Å². The van der Waals surface area contributed by atoms with Crippen LogP contribution in [-0.2, 0) is 16.0 Å². The Morgan fingerprint density at radius 1 is 1.10 bits per heavy atom. The third-order valence-electron chi connectivity index (χ3n) is 5.01. The lowest BCUT2D eigenvalue weighted by atomic mass is 9.89. The molecule has 1 aliphatic heterocycles. The second-order valence-electron chi connectivity index (χ2n) is 7.24. The van der Waals surface area contributed by atoms with Gasteiger partial charge in [0.1, 0.15) is 5.92 Å². The maximum absolute atomic E-state index is 12.9. The molecule has 0 bridgehead atoms. The summed E-state index contributed by atoms with van der Waals surface area (Å²) in [6, 6.07) is 14.1. The number of benzene rings is 2. The average Bonchev–Trinajstić information content (AvgIpc) is 2.77. The molecule has 0 aliphatic carbocycles. The summed E-state index contributed by atoms with van der Waals surface area (Å²) in [6.45, 7) is 6.70. The maximum atomic E-state index is 12.9. The van der Waals surface area contributed by atoms with E-state index >= 15 is 0 Å². The minimum absolute atomic E-state index is 0.237. The number of nitrogens with one attached hydrogen (secondary N) is 2. The molecule has 3 rings (SSSR count). The molecule has 0 unspecified atom stereocenters. The zero-order valence-corrected chi connectivity index (χ0v) is 17.9. The molecule has 1 aliphatic rings. The Morgan fingerprint density at radius 2 is 1.87 bits per heavy atom. The largest absolute Gasteiger partial charge is 0.493 e. The van der Waals surface area contributed by atoms with Crippen molar-refractivity contribution in [2.45, 2.75) is 25.8 Å². The number of hydrogen-bond donors (Lipinski definition) is 2. The van der Waals surface area contributed by atoms with Crippen LogP contribution in [0.5, 0.6) is 11.5 Å². The highest BCUT2D eigenvalue weighted by Crippen LogP contribution is 2.36. The van der Waals surface area contributed by atoms with Gasteiger partial charge in [0.25, 0.3) is 0 Å². The number of ether oxygens (including phenoxy) is 3. The Balaban J connectivity index is 1.77. The zero-order chi connectivity index (χ0) is 22.2. The van der Waals surface area contributed by atoms with Crippen molar-refractivity contribution in [2.75, 3.05) is 20.3 Å². The molecule has 31 heavy (non-hydrogen) atoms. The first-order chi connectivity index (χ1) is 15.0. The lowest BCUT2D eigenvalue weighted by molar-refractivity contribution is -0.148. The van der Waals surface area contributed by atoms with Crippen LogP contribution in [0.25, 0.3) is 0 Å². The smallest absolute Gasteiger partial charge is 0.319 e. The lowest BCUT2D eigenvalue weighted by Gasteiger charge is -2.33. The van der Waals surface area contributed by atoms with Gasteiger partial charge in [0.05, 0.1) is 26.4 Å². The average molecular weight is 424 g/mol. The quantitative estimate of drug-likeness (QED) is 0.599. The van der Waals surface area contributed by atoms with E-state index in [0.29, 0.717) is 35.8 Å². The van der Waals surface area contributed by atoms with E-state index in [4.69, 9.17) is 14.2 Å². The van der Waals surface area contributed by atoms with Gasteiger partial charge in [-0.2, -0.15) is 0 Å². The van der Waals surface area contributed by atoms with Crippen molar-refractivity contribution in [3.8, 4) is 11.5 Å². The van der Waals surface area contributed by atoms with Gasteiger partial charge < -0.3 is 24.8 Å². The van der Waals surface area contributed by atoms with Crippen LogP contribution in [0.3, 0.4) is 0 Å². The number of hydrogen-bond acceptors (Lipinski definition) is 5. The van der Waals surface area contributed by atoms with Crippen LogP contribution in [0, 0.1) is 5.92 Å². The third-order valence-corrected chi connectivity index (χ3v) is 5.01. The van der Waals surface area contributed by atoms with Gasteiger partial charge in [-0.1, -0.05) is 49.9 Å². The van der Waals surface area contributed by atoms with Crippen molar-refractivity contribution in [2.24, 2.45) is 5.92 Å². The van der Waals surface area contributed by atoms with E-state index < -0.39 is 24.0 Å². The number of urea groups is 1. The van der Waals surface area contributed by atoms with Gasteiger partial charge in [0.15, 0.2) is 11.5 Å². The Morgan fingerprint density at radius 3 is 2.58 bits per heavy atom. The SMILES string of the molecule is C=C1NC(=O)N[C@H](c2ccc(OCCC)c(OC)c2)[C@H]1C(=O)OCCc1ccccc1. The maximum Gasteiger partial charge on any atom is 0.319 e. The Kier molecular flexibility index (Phi) is 7.54. The second kappa shape index (κ2) is 10.5. The van der Waals surface area contributed by atoms with Crippen molar-refractivity contribution in [1.82, 2.24) is 10.6 Å². The van der Waals surface area contributed by atoms with E-state index in [0.717, 1.165) is 12.0 Å². The topological polar surface area (TPSA) is 85.9 Å². The molecule has 7 heteroatoms. The second-order valence-corrected chi connectivity index (χ2v) is 7.24. The molecule has 1 fully saturated rings. The molecule has 2 amide bonds. The van der Waals surface area contributed by atoms with Crippen LogP contribution >= 0.6 is 0 Å². The van der Waals surface area contributed by atoms with E-state index in [2.05, 4.69) is 17.2 Å². The fourth-order valence-corrected chi connectivity index (χ4v) is 3.45. The molecular weight excluding hydrogens is 396 g/mol. The van der Waals surface area contributed by atoms with Crippen LogP contribution in [-0.4, -0.2) is 32.3 Å². The monoisotopic (exact) mass is 424 g/mol. The molecular formula is C24H28N2O5. The van der Waals surface area contributed by atoms with Crippen molar-refractivity contribution >= 4 is 12.0 Å². The summed E-state index contributed by atoms with van der Waals surface area (Å²) in [6.07, 6.45) is 1.47. The predicted octanol–water partition coefficient (Wildman–Crippen LogP) is 3.75. The molecule has 164 valence electrons. The molecule has 2 aromatic carbocycles. The van der Waals surface area contributed by atoms with Gasteiger partial charge in [-0.25, -0.2) is 4.79 Å². The van der Waals surface area contributed by atoms with E-state index in [1.165, 1.54) is 0 Å². The highest BCUT2D eigenvalue weighted by atomic mass is 16.5. The Hall–Kier alpha value is -3.48. The molecule has 7 nitrogen and oxygen atoms in total. The highest BCUT2D eigenvalue weighted by molar-refractivity contribution is 5.85. The fraction of sp³-hybridized carbons (Fsp3) is 0.333. The molecule has 1 heterocycles. The number of amides is 2. The van der Waals surface area contributed by atoms with Gasteiger partial charge in [0.2, 0.25) is 0 Å². The Bertz CT molecular complexity index is 929. The molecule has 0 spiro atoms. The van der Waals surface area contributed by atoms with Crippen LogP contribution in [0.15, 0.2) is 60.8 Å². The molecule has 1 saturated heterocycles. The molecule has 2 aromatic rings. The zero-order valence-electron chi connectivity index (χ0n) is 17.9. The van der Waals surface area contributed by atoms with Crippen molar-refractivity contribution in [1.29, 1.82) is 0 Å². The molecule has 2 atom stereocenters. The Labute approximate surface area is 182 Å². The summed E-state index contributed by atoms with van der Waals surface area (Å²) in [4.78, 5) is 25.0. The van der Waals surface area contributed by atoms with Gasteiger partial charge in [-0.3, -0.25) is 4.79 Å². The molecule has 0 radical (unpaired) electrons. The number of methoxy groups -OCH3 is 1. The molecule has 2 N–H and O–H groups in total. The van der Waals surface area contributed by atoms with Crippen LogP contribution in [0.1, 0.15) is 30.5 Å². The molecule has 0 saturated carbocycles. The number of rotatable bonds is 9. The van der Waals surface area contributed by atoms with Crippen molar-refractivity contribution in [3.63, 3.8) is 0 Å². The van der Waals surface area contributed by atoms with Crippen LogP contribution in [0.4, 0.5) is 4.79 Å². The number of carbonyl (C=O) groups excluding carboxylic acids is 2. The highest BCUT2D eigenvalue weighted by Gasteiger charge is 2.39.